The van der Waals surface area contributed by atoms with Crippen LogP contribution in [0.5, 0.6) is 5.75 Å². The van der Waals surface area contributed by atoms with Crippen molar-refractivity contribution in [1.29, 1.82) is 0 Å². The molecule has 6 N–H and O–H groups in total. The van der Waals surface area contributed by atoms with E-state index < -0.39 is 42.6 Å². The second-order valence-electron chi connectivity index (χ2n) is 5.28. The number of aliphatic hydroxyl groups is 5. The van der Waals surface area contributed by atoms with E-state index in [1.54, 1.807) is 12.1 Å². The summed E-state index contributed by atoms with van der Waals surface area (Å²) in [5.41, 5.74) is 0.597. The zero-order valence-corrected chi connectivity index (χ0v) is 11.9. The van der Waals surface area contributed by atoms with Crippen LogP contribution in [0.25, 0.3) is 6.08 Å². The number of carbonyl (C=O) groups excluding carboxylic acids is 1. The molecule has 0 spiro atoms. The molecule has 0 bridgehead atoms. The lowest BCUT2D eigenvalue weighted by Gasteiger charge is -2.40. The van der Waals surface area contributed by atoms with Crippen LogP contribution in [-0.2, 0) is 9.53 Å². The molecule has 0 amide bonds. The van der Waals surface area contributed by atoms with Gasteiger partial charge in [-0.1, -0.05) is 12.1 Å². The van der Waals surface area contributed by atoms with Gasteiger partial charge in [0.05, 0.1) is 0 Å². The van der Waals surface area contributed by atoms with E-state index in [9.17, 15) is 30.3 Å². The monoisotopic (exact) mass is 326 g/mol. The Balaban J connectivity index is 2.02. The first-order valence-corrected chi connectivity index (χ1v) is 6.89. The van der Waals surface area contributed by atoms with E-state index in [4.69, 9.17) is 9.84 Å². The molecule has 2 rings (SSSR count). The van der Waals surface area contributed by atoms with E-state index in [0.717, 1.165) is 6.08 Å². The fourth-order valence-electron chi connectivity index (χ4n) is 2.26. The third-order valence-corrected chi connectivity index (χ3v) is 3.63. The first-order chi connectivity index (χ1) is 10.8. The SMILES string of the molecule is O=C(C=Cc1ccc(O)cc1)OC1[C@@H](O)[C@H](O)C(O)[C@H](O)[C@H]1O. The highest BCUT2D eigenvalue weighted by molar-refractivity contribution is 5.87. The molecule has 126 valence electrons. The van der Waals surface area contributed by atoms with Crippen molar-refractivity contribution >= 4 is 12.0 Å². The van der Waals surface area contributed by atoms with Gasteiger partial charge in [-0.3, -0.25) is 0 Å². The molecule has 0 aliphatic heterocycles. The number of phenolic OH excluding ortho intramolecular Hbond substituents is 1. The number of hydrogen-bond acceptors (Lipinski definition) is 8. The van der Waals surface area contributed by atoms with Gasteiger partial charge in [-0.25, -0.2) is 4.79 Å². The third kappa shape index (κ3) is 3.87. The van der Waals surface area contributed by atoms with Gasteiger partial charge in [-0.15, -0.1) is 0 Å². The number of carbonyl (C=O) groups is 1. The molecule has 1 aromatic rings. The van der Waals surface area contributed by atoms with Crippen molar-refractivity contribution < 1.29 is 40.2 Å². The Labute approximate surface area is 131 Å². The first-order valence-electron chi connectivity index (χ1n) is 6.89. The molecule has 2 unspecified atom stereocenters. The number of esters is 1. The van der Waals surface area contributed by atoms with Crippen molar-refractivity contribution in [2.24, 2.45) is 0 Å². The average molecular weight is 326 g/mol. The van der Waals surface area contributed by atoms with Gasteiger partial charge in [0, 0.05) is 6.08 Å². The normalized spacial score (nSPS) is 34.5. The van der Waals surface area contributed by atoms with Crippen LogP contribution >= 0.6 is 0 Å². The summed E-state index contributed by atoms with van der Waals surface area (Å²) in [5.74, 6) is -0.850. The number of rotatable bonds is 3. The van der Waals surface area contributed by atoms with E-state index in [-0.39, 0.29) is 5.75 Å². The molecule has 8 nitrogen and oxygen atoms in total. The van der Waals surface area contributed by atoms with Crippen LogP contribution in [0.15, 0.2) is 30.3 Å². The maximum atomic E-state index is 11.7. The van der Waals surface area contributed by atoms with Crippen LogP contribution in [0, 0.1) is 0 Å². The summed E-state index contributed by atoms with van der Waals surface area (Å²) in [4.78, 5) is 11.7. The second-order valence-corrected chi connectivity index (χ2v) is 5.28. The second kappa shape index (κ2) is 7.07. The number of aromatic hydroxyl groups is 1. The van der Waals surface area contributed by atoms with Crippen molar-refractivity contribution in [2.45, 2.75) is 36.6 Å². The Bertz CT molecular complexity index is 553. The summed E-state index contributed by atoms with van der Waals surface area (Å²) in [5, 5.41) is 57.2. The standard InChI is InChI=1S/C15H18O8/c16-8-4-1-7(2-5-8)3-6-9(17)23-15-13(21)11(19)10(18)12(20)14(15)22/h1-6,10-16,18-22H/t10?,11-,12+,13+,14-,15?. The Morgan fingerprint density at radius 2 is 1.35 bits per heavy atom. The lowest BCUT2D eigenvalue weighted by atomic mass is 9.85. The Morgan fingerprint density at radius 3 is 1.87 bits per heavy atom. The van der Waals surface area contributed by atoms with Gasteiger partial charge in [0.2, 0.25) is 0 Å². The van der Waals surface area contributed by atoms with Gasteiger partial charge in [-0.05, 0) is 23.8 Å². The molecule has 1 aliphatic carbocycles. The Kier molecular flexibility index (Phi) is 5.34. The Morgan fingerprint density at radius 1 is 0.870 bits per heavy atom. The van der Waals surface area contributed by atoms with Crippen LogP contribution in [-0.4, -0.2) is 73.2 Å². The van der Waals surface area contributed by atoms with E-state index in [0.29, 0.717) is 5.56 Å². The van der Waals surface area contributed by atoms with Crippen molar-refractivity contribution in [3.05, 3.63) is 35.9 Å². The summed E-state index contributed by atoms with van der Waals surface area (Å²) in [7, 11) is 0. The fraction of sp³-hybridized carbons (Fsp3) is 0.400. The number of aliphatic hydroxyl groups excluding tert-OH is 5. The highest BCUT2D eigenvalue weighted by Gasteiger charge is 2.50. The van der Waals surface area contributed by atoms with Gasteiger partial charge in [0.1, 0.15) is 36.3 Å². The van der Waals surface area contributed by atoms with Gasteiger partial charge in [-0.2, -0.15) is 0 Å². The molecule has 0 aromatic heterocycles. The zero-order chi connectivity index (χ0) is 17.1. The molecule has 23 heavy (non-hydrogen) atoms. The van der Waals surface area contributed by atoms with Crippen molar-refractivity contribution in [3.8, 4) is 5.75 Å². The number of hydrogen-bond donors (Lipinski definition) is 6. The predicted octanol–water partition coefficient (Wildman–Crippen LogP) is -1.86. The van der Waals surface area contributed by atoms with E-state index >= 15 is 0 Å². The van der Waals surface area contributed by atoms with E-state index in [2.05, 4.69) is 0 Å². The maximum absolute atomic E-state index is 11.7. The molecule has 6 atom stereocenters. The van der Waals surface area contributed by atoms with Gasteiger partial charge in [0.25, 0.3) is 0 Å². The summed E-state index contributed by atoms with van der Waals surface area (Å²) in [6, 6.07) is 5.95. The van der Waals surface area contributed by atoms with Crippen molar-refractivity contribution in [3.63, 3.8) is 0 Å². The average Bonchev–Trinajstić information content (AvgIpc) is 2.54. The predicted molar refractivity (Wildman–Crippen MR) is 77.1 cm³/mol. The molecule has 1 aliphatic rings. The minimum absolute atomic E-state index is 0.0692. The summed E-state index contributed by atoms with van der Waals surface area (Å²) >= 11 is 0. The minimum Gasteiger partial charge on any atom is -0.508 e. The van der Waals surface area contributed by atoms with Crippen LogP contribution < -0.4 is 0 Å². The lowest BCUT2D eigenvalue weighted by Crippen LogP contribution is -2.64. The highest BCUT2D eigenvalue weighted by Crippen LogP contribution is 2.24. The smallest absolute Gasteiger partial charge is 0.331 e. The number of benzene rings is 1. The Hall–Kier alpha value is -1.97. The van der Waals surface area contributed by atoms with Crippen LogP contribution in [0.3, 0.4) is 0 Å². The number of phenols is 1. The topological polar surface area (TPSA) is 148 Å². The molecule has 8 heteroatoms. The summed E-state index contributed by atoms with van der Waals surface area (Å²) in [6.07, 6.45) is -7.92. The molecule has 0 saturated heterocycles. The van der Waals surface area contributed by atoms with Crippen LogP contribution in [0.2, 0.25) is 0 Å². The number of ether oxygens (including phenoxy) is 1. The quantitative estimate of drug-likeness (QED) is 0.280. The molecule has 1 saturated carbocycles. The maximum Gasteiger partial charge on any atom is 0.331 e. The molecule has 1 fully saturated rings. The molecular weight excluding hydrogens is 308 g/mol. The van der Waals surface area contributed by atoms with Gasteiger partial charge in [0.15, 0.2) is 6.10 Å². The minimum atomic E-state index is -1.76. The summed E-state index contributed by atoms with van der Waals surface area (Å²) < 4.78 is 4.84. The highest BCUT2D eigenvalue weighted by atomic mass is 16.6. The largest absolute Gasteiger partial charge is 0.508 e. The van der Waals surface area contributed by atoms with Crippen LogP contribution in [0.1, 0.15) is 5.56 Å². The van der Waals surface area contributed by atoms with Crippen LogP contribution in [0.4, 0.5) is 0 Å². The van der Waals surface area contributed by atoms with Crippen molar-refractivity contribution in [1.82, 2.24) is 0 Å². The fourth-order valence-corrected chi connectivity index (χ4v) is 2.26. The molecule has 0 radical (unpaired) electrons. The third-order valence-electron chi connectivity index (χ3n) is 3.63. The zero-order valence-electron chi connectivity index (χ0n) is 11.9. The molecular formula is C15H18O8. The van der Waals surface area contributed by atoms with Gasteiger partial charge >= 0.3 is 5.97 Å². The first kappa shape index (κ1) is 17.4. The van der Waals surface area contributed by atoms with Gasteiger partial charge < -0.3 is 35.4 Å². The summed E-state index contributed by atoms with van der Waals surface area (Å²) in [6.45, 7) is 0. The van der Waals surface area contributed by atoms with E-state index in [1.165, 1.54) is 18.2 Å². The van der Waals surface area contributed by atoms with Crippen molar-refractivity contribution in [2.75, 3.05) is 0 Å². The lowest BCUT2D eigenvalue weighted by molar-refractivity contribution is -0.231. The molecule has 1 aromatic carbocycles. The molecule has 0 heterocycles. The van der Waals surface area contributed by atoms with E-state index in [1.807, 2.05) is 0 Å².